The van der Waals surface area contributed by atoms with E-state index in [1.165, 1.54) is 5.56 Å². The van der Waals surface area contributed by atoms with Crippen molar-refractivity contribution in [3.05, 3.63) is 29.8 Å². The second kappa shape index (κ2) is 5.94. The summed E-state index contributed by atoms with van der Waals surface area (Å²) in [7, 11) is 0. The van der Waals surface area contributed by atoms with Crippen molar-refractivity contribution in [2.24, 2.45) is 0 Å². The Labute approximate surface area is 120 Å². The van der Waals surface area contributed by atoms with Gasteiger partial charge in [-0.3, -0.25) is 9.69 Å². The molecule has 1 amide bonds. The highest BCUT2D eigenvalue weighted by Crippen LogP contribution is 2.27. The number of piperazine rings is 1. The average molecular weight is 273 g/mol. The molecule has 2 heterocycles. The molecule has 0 aromatic heterocycles. The molecule has 4 nitrogen and oxygen atoms in total. The zero-order valence-corrected chi connectivity index (χ0v) is 12.1. The zero-order chi connectivity index (χ0) is 13.9. The van der Waals surface area contributed by atoms with E-state index in [9.17, 15) is 4.79 Å². The molecule has 4 heteroatoms. The van der Waals surface area contributed by atoms with Crippen molar-refractivity contribution in [1.82, 2.24) is 10.2 Å². The summed E-state index contributed by atoms with van der Waals surface area (Å²) in [5, 5.41) is 3.38. The lowest BCUT2D eigenvalue weighted by Gasteiger charge is -2.34. The molecule has 2 aliphatic rings. The van der Waals surface area contributed by atoms with Crippen LogP contribution in [0.5, 0.6) is 0 Å². The predicted octanol–water partition coefficient (Wildman–Crippen LogP) is 1.26. The van der Waals surface area contributed by atoms with E-state index in [-0.39, 0.29) is 5.91 Å². The van der Waals surface area contributed by atoms with E-state index in [0.29, 0.717) is 12.5 Å². The van der Waals surface area contributed by atoms with Gasteiger partial charge in [-0.1, -0.05) is 18.2 Å². The maximum Gasteiger partial charge on any atom is 0.228 e. The minimum absolute atomic E-state index is 0.265. The number of hydrogen-bond acceptors (Lipinski definition) is 3. The SMILES string of the molecule is C[C@@H]1CNCCN1CCC(=O)N1CCc2ccccc21. The number of benzene rings is 1. The van der Waals surface area contributed by atoms with Gasteiger partial charge in [0.25, 0.3) is 0 Å². The number of anilines is 1. The molecule has 2 aliphatic heterocycles. The van der Waals surface area contributed by atoms with Gasteiger partial charge in [0.1, 0.15) is 0 Å². The molecule has 1 N–H and O–H groups in total. The maximum absolute atomic E-state index is 12.4. The number of para-hydroxylation sites is 1. The number of hydrogen-bond donors (Lipinski definition) is 1. The van der Waals surface area contributed by atoms with Crippen molar-refractivity contribution in [3.8, 4) is 0 Å². The van der Waals surface area contributed by atoms with Crippen LogP contribution in [0.15, 0.2) is 24.3 Å². The van der Waals surface area contributed by atoms with Crippen molar-refractivity contribution in [2.75, 3.05) is 37.6 Å². The first-order valence-electron chi connectivity index (χ1n) is 7.59. The van der Waals surface area contributed by atoms with E-state index >= 15 is 0 Å². The molecular weight excluding hydrogens is 250 g/mol. The van der Waals surface area contributed by atoms with Gasteiger partial charge in [0.05, 0.1) is 0 Å². The molecule has 20 heavy (non-hydrogen) atoms. The zero-order valence-electron chi connectivity index (χ0n) is 12.1. The molecule has 0 unspecified atom stereocenters. The summed E-state index contributed by atoms with van der Waals surface area (Å²) in [6.45, 7) is 7.05. The molecule has 1 atom stereocenters. The summed E-state index contributed by atoms with van der Waals surface area (Å²) in [6, 6.07) is 8.79. The van der Waals surface area contributed by atoms with Crippen LogP contribution in [0.3, 0.4) is 0 Å². The van der Waals surface area contributed by atoms with Gasteiger partial charge in [0.15, 0.2) is 0 Å². The monoisotopic (exact) mass is 273 g/mol. The molecule has 0 aliphatic carbocycles. The third kappa shape index (κ3) is 2.72. The molecule has 0 radical (unpaired) electrons. The van der Waals surface area contributed by atoms with Gasteiger partial charge in [-0.15, -0.1) is 0 Å². The molecule has 108 valence electrons. The van der Waals surface area contributed by atoms with Crippen LogP contribution in [0.2, 0.25) is 0 Å². The number of amides is 1. The number of nitrogens with one attached hydrogen (secondary N) is 1. The third-order valence-electron chi connectivity index (χ3n) is 4.44. The Hall–Kier alpha value is -1.39. The van der Waals surface area contributed by atoms with Gasteiger partial charge < -0.3 is 10.2 Å². The van der Waals surface area contributed by atoms with Crippen LogP contribution < -0.4 is 10.2 Å². The smallest absolute Gasteiger partial charge is 0.228 e. The van der Waals surface area contributed by atoms with E-state index in [2.05, 4.69) is 35.3 Å². The van der Waals surface area contributed by atoms with Crippen LogP contribution in [0.1, 0.15) is 18.9 Å². The Kier molecular flexibility index (Phi) is 4.03. The Bertz CT molecular complexity index is 488. The summed E-state index contributed by atoms with van der Waals surface area (Å²) in [4.78, 5) is 16.8. The predicted molar refractivity (Wildman–Crippen MR) is 81.0 cm³/mol. The number of fused-ring (bicyclic) bond motifs is 1. The molecule has 0 spiro atoms. The van der Waals surface area contributed by atoms with Crippen LogP contribution in [-0.4, -0.2) is 49.6 Å². The van der Waals surface area contributed by atoms with Gasteiger partial charge in [-0.25, -0.2) is 0 Å². The third-order valence-corrected chi connectivity index (χ3v) is 4.44. The van der Waals surface area contributed by atoms with Crippen LogP contribution in [0, 0.1) is 0 Å². The molecule has 3 rings (SSSR count). The molecule has 1 aromatic rings. The Morgan fingerprint density at radius 1 is 1.35 bits per heavy atom. The summed E-state index contributed by atoms with van der Waals surface area (Å²) in [5.74, 6) is 0.265. The van der Waals surface area contributed by atoms with Crippen LogP contribution in [0.4, 0.5) is 5.69 Å². The Morgan fingerprint density at radius 2 is 2.20 bits per heavy atom. The maximum atomic E-state index is 12.4. The first-order chi connectivity index (χ1) is 9.75. The molecular formula is C16H23N3O. The second-order valence-electron chi connectivity index (χ2n) is 5.76. The minimum atomic E-state index is 0.265. The number of carbonyl (C=O) groups is 1. The van der Waals surface area contributed by atoms with Crippen LogP contribution in [0.25, 0.3) is 0 Å². The fraction of sp³-hybridized carbons (Fsp3) is 0.562. The lowest BCUT2D eigenvalue weighted by atomic mass is 10.2. The lowest BCUT2D eigenvalue weighted by molar-refractivity contribution is -0.119. The second-order valence-corrected chi connectivity index (χ2v) is 5.76. The van der Waals surface area contributed by atoms with Crippen LogP contribution in [-0.2, 0) is 11.2 Å². The van der Waals surface area contributed by atoms with Gasteiger partial charge in [-0.05, 0) is 25.0 Å². The van der Waals surface area contributed by atoms with Crippen molar-refractivity contribution < 1.29 is 4.79 Å². The number of carbonyl (C=O) groups excluding carboxylic acids is 1. The largest absolute Gasteiger partial charge is 0.314 e. The fourth-order valence-electron chi connectivity index (χ4n) is 3.19. The Balaban J connectivity index is 1.58. The lowest BCUT2D eigenvalue weighted by Crippen LogP contribution is -2.50. The van der Waals surface area contributed by atoms with Gasteiger partial charge >= 0.3 is 0 Å². The first-order valence-corrected chi connectivity index (χ1v) is 7.59. The standard InChI is InChI=1S/C16H23N3O/c1-13-12-17-8-11-18(13)9-7-16(20)19-10-6-14-4-2-3-5-15(14)19/h2-5,13,17H,6-12H2,1H3/t13-/m1/s1. The topological polar surface area (TPSA) is 35.6 Å². The van der Waals surface area contributed by atoms with E-state index < -0.39 is 0 Å². The molecule has 1 saturated heterocycles. The van der Waals surface area contributed by atoms with Crippen molar-refractivity contribution >= 4 is 11.6 Å². The van der Waals surface area contributed by atoms with E-state index in [4.69, 9.17) is 0 Å². The molecule has 0 saturated carbocycles. The van der Waals surface area contributed by atoms with Crippen molar-refractivity contribution in [3.63, 3.8) is 0 Å². The van der Waals surface area contributed by atoms with Gasteiger partial charge in [0, 0.05) is 50.9 Å². The average Bonchev–Trinajstić information content (AvgIpc) is 2.90. The summed E-state index contributed by atoms with van der Waals surface area (Å²) in [6.07, 6.45) is 1.62. The highest BCUT2D eigenvalue weighted by Gasteiger charge is 2.25. The molecule has 1 fully saturated rings. The highest BCUT2D eigenvalue weighted by atomic mass is 16.2. The van der Waals surface area contributed by atoms with Gasteiger partial charge in [-0.2, -0.15) is 0 Å². The van der Waals surface area contributed by atoms with E-state index in [1.54, 1.807) is 0 Å². The van der Waals surface area contributed by atoms with Crippen molar-refractivity contribution in [2.45, 2.75) is 25.8 Å². The summed E-state index contributed by atoms with van der Waals surface area (Å²) in [5.41, 5.74) is 2.42. The normalized spacial score (nSPS) is 22.9. The highest BCUT2D eigenvalue weighted by molar-refractivity contribution is 5.95. The van der Waals surface area contributed by atoms with Gasteiger partial charge in [0.2, 0.25) is 5.91 Å². The first kappa shape index (κ1) is 13.6. The summed E-state index contributed by atoms with van der Waals surface area (Å²) >= 11 is 0. The number of rotatable bonds is 3. The number of nitrogens with zero attached hydrogens (tertiary/aromatic N) is 2. The van der Waals surface area contributed by atoms with Crippen LogP contribution >= 0.6 is 0 Å². The van der Waals surface area contributed by atoms with E-state index in [0.717, 1.165) is 44.8 Å². The van der Waals surface area contributed by atoms with E-state index in [1.807, 2.05) is 11.0 Å². The summed E-state index contributed by atoms with van der Waals surface area (Å²) < 4.78 is 0. The molecule has 1 aromatic carbocycles. The quantitative estimate of drug-likeness (QED) is 0.900. The Morgan fingerprint density at radius 3 is 3.05 bits per heavy atom. The minimum Gasteiger partial charge on any atom is -0.314 e. The fourth-order valence-corrected chi connectivity index (χ4v) is 3.19. The molecule has 0 bridgehead atoms. The van der Waals surface area contributed by atoms with Crippen molar-refractivity contribution in [1.29, 1.82) is 0 Å².